The molecule has 0 spiro atoms. The van der Waals surface area contributed by atoms with Gasteiger partial charge < -0.3 is 15.2 Å². The molecular formula is C19H27NO3. The Morgan fingerprint density at radius 3 is 2.74 bits per heavy atom. The highest BCUT2D eigenvalue weighted by molar-refractivity contribution is 5.79. The normalized spacial score (nSPS) is 21.3. The van der Waals surface area contributed by atoms with Gasteiger partial charge in [0, 0.05) is 6.04 Å². The second-order valence-electron chi connectivity index (χ2n) is 6.27. The van der Waals surface area contributed by atoms with Gasteiger partial charge in [0.1, 0.15) is 0 Å². The first-order valence-corrected chi connectivity index (χ1v) is 8.38. The molecular weight excluding hydrogens is 290 g/mol. The molecule has 0 heterocycles. The minimum Gasteiger partial charge on any atom is -0.504 e. The van der Waals surface area contributed by atoms with Crippen molar-refractivity contribution in [2.75, 3.05) is 7.11 Å². The van der Waals surface area contributed by atoms with E-state index in [-0.39, 0.29) is 11.7 Å². The van der Waals surface area contributed by atoms with Crippen molar-refractivity contribution in [3.05, 3.63) is 35.9 Å². The van der Waals surface area contributed by atoms with E-state index in [9.17, 15) is 9.90 Å². The van der Waals surface area contributed by atoms with Crippen LogP contribution in [0.25, 0.3) is 0 Å². The molecule has 0 aromatic heterocycles. The van der Waals surface area contributed by atoms with E-state index in [1.807, 2.05) is 0 Å². The summed E-state index contributed by atoms with van der Waals surface area (Å²) in [5.74, 6) is 1.30. The van der Waals surface area contributed by atoms with E-state index in [2.05, 4.69) is 24.4 Å². The summed E-state index contributed by atoms with van der Waals surface area (Å²) < 4.78 is 5.07. The van der Waals surface area contributed by atoms with Gasteiger partial charge in [0.15, 0.2) is 11.5 Å². The van der Waals surface area contributed by atoms with Gasteiger partial charge in [0.05, 0.1) is 13.5 Å². The van der Waals surface area contributed by atoms with Gasteiger partial charge in [-0.25, -0.2) is 0 Å². The van der Waals surface area contributed by atoms with E-state index in [0.29, 0.717) is 18.2 Å². The summed E-state index contributed by atoms with van der Waals surface area (Å²) in [5, 5.41) is 12.7. The molecule has 1 aromatic carbocycles. The number of hydrogen-bond donors (Lipinski definition) is 2. The van der Waals surface area contributed by atoms with E-state index in [4.69, 9.17) is 4.74 Å². The number of phenols is 1. The van der Waals surface area contributed by atoms with Crippen molar-refractivity contribution in [1.82, 2.24) is 5.32 Å². The first kappa shape index (κ1) is 17.4. The fourth-order valence-corrected chi connectivity index (χ4v) is 3.17. The van der Waals surface area contributed by atoms with Crippen LogP contribution in [0.15, 0.2) is 30.4 Å². The van der Waals surface area contributed by atoms with E-state index in [0.717, 1.165) is 30.7 Å². The summed E-state index contributed by atoms with van der Waals surface area (Å²) in [6.45, 7) is 2.06. The van der Waals surface area contributed by atoms with Gasteiger partial charge in [-0.05, 0) is 62.6 Å². The van der Waals surface area contributed by atoms with Gasteiger partial charge in [-0.2, -0.15) is 0 Å². The highest BCUT2D eigenvalue weighted by atomic mass is 16.5. The van der Waals surface area contributed by atoms with E-state index in [1.165, 1.54) is 20.0 Å². The third-order valence-electron chi connectivity index (χ3n) is 4.53. The van der Waals surface area contributed by atoms with E-state index in [1.54, 1.807) is 18.2 Å². The molecule has 0 aliphatic heterocycles. The Labute approximate surface area is 138 Å². The highest BCUT2D eigenvalue weighted by Gasteiger charge is 2.21. The minimum atomic E-state index is 0.0367. The van der Waals surface area contributed by atoms with E-state index >= 15 is 0 Å². The van der Waals surface area contributed by atoms with Crippen LogP contribution in [-0.4, -0.2) is 24.2 Å². The summed E-state index contributed by atoms with van der Waals surface area (Å²) >= 11 is 0. The second-order valence-corrected chi connectivity index (χ2v) is 6.27. The number of carbonyl (C=O) groups excluding carboxylic acids is 1. The Morgan fingerprint density at radius 2 is 2.09 bits per heavy atom. The number of carbonyl (C=O) groups is 1. The molecule has 1 aliphatic carbocycles. The van der Waals surface area contributed by atoms with Crippen LogP contribution in [0.5, 0.6) is 11.5 Å². The zero-order valence-corrected chi connectivity index (χ0v) is 14.0. The topological polar surface area (TPSA) is 58.6 Å². The number of phenolic OH excluding ortho intramolecular Hbond substituents is 1. The number of aromatic hydroxyl groups is 1. The van der Waals surface area contributed by atoms with Gasteiger partial charge in [0.25, 0.3) is 0 Å². The van der Waals surface area contributed by atoms with Crippen LogP contribution in [0.2, 0.25) is 0 Å². The Balaban J connectivity index is 1.79. The zero-order valence-electron chi connectivity index (χ0n) is 14.0. The maximum atomic E-state index is 12.2. The van der Waals surface area contributed by atoms with Crippen molar-refractivity contribution in [1.29, 1.82) is 0 Å². The molecule has 1 amide bonds. The molecule has 0 saturated heterocycles. The van der Waals surface area contributed by atoms with Crippen LogP contribution in [0.4, 0.5) is 0 Å². The smallest absolute Gasteiger partial charge is 0.224 e. The molecule has 2 N–H and O–H groups in total. The Morgan fingerprint density at radius 1 is 1.35 bits per heavy atom. The van der Waals surface area contributed by atoms with Crippen LogP contribution in [0, 0.1) is 5.92 Å². The lowest BCUT2D eigenvalue weighted by molar-refractivity contribution is -0.121. The van der Waals surface area contributed by atoms with Gasteiger partial charge in [-0.15, -0.1) is 0 Å². The fraction of sp³-hybridized carbons (Fsp3) is 0.526. The largest absolute Gasteiger partial charge is 0.504 e. The average molecular weight is 317 g/mol. The van der Waals surface area contributed by atoms with Crippen molar-refractivity contribution >= 4 is 5.91 Å². The maximum Gasteiger partial charge on any atom is 0.224 e. The number of rotatable bonds is 6. The van der Waals surface area contributed by atoms with E-state index < -0.39 is 0 Å². The molecule has 0 bridgehead atoms. The molecule has 1 aliphatic rings. The van der Waals surface area contributed by atoms with Crippen LogP contribution >= 0.6 is 0 Å². The lowest BCUT2D eigenvalue weighted by Gasteiger charge is -2.28. The molecule has 0 atom stereocenters. The number of ether oxygens (including phenoxy) is 1. The SMILES string of the molecule is CC=CC[C@H]1CC[C@H](NC(=O)Cc2ccc(O)c(OC)c2)CC1. The summed E-state index contributed by atoms with van der Waals surface area (Å²) in [6.07, 6.45) is 10.3. The molecule has 1 saturated carbocycles. The quantitative estimate of drug-likeness (QED) is 0.788. The van der Waals surface area contributed by atoms with Crippen molar-refractivity contribution < 1.29 is 14.6 Å². The number of allylic oxidation sites excluding steroid dienone is 2. The molecule has 2 rings (SSSR count). The van der Waals surface area contributed by atoms with Gasteiger partial charge in [-0.1, -0.05) is 18.2 Å². The first-order chi connectivity index (χ1) is 11.1. The minimum absolute atomic E-state index is 0.0367. The first-order valence-electron chi connectivity index (χ1n) is 8.38. The summed E-state index contributed by atoms with van der Waals surface area (Å²) in [7, 11) is 1.51. The predicted octanol–water partition coefficient (Wildman–Crippen LogP) is 3.58. The predicted molar refractivity (Wildman–Crippen MR) is 91.7 cm³/mol. The van der Waals surface area contributed by atoms with Crippen LogP contribution in [0.3, 0.4) is 0 Å². The summed E-state index contributed by atoms with van der Waals surface area (Å²) in [4.78, 5) is 12.2. The fourth-order valence-electron chi connectivity index (χ4n) is 3.17. The average Bonchev–Trinajstić information content (AvgIpc) is 2.56. The molecule has 126 valence electrons. The lowest BCUT2D eigenvalue weighted by atomic mass is 9.84. The maximum absolute atomic E-state index is 12.2. The van der Waals surface area contributed by atoms with Crippen molar-refractivity contribution in [3.8, 4) is 11.5 Å². The molecule has 0 unspecified atom stereocenters. The van der Waals surface area contributed by atoms with Crippen LogP contribution in [0.1, 0.15) is 44.6 Å². The third kappa shape index (κ3) is 5.31. The number of benzene rings is 1. The van der Waals surface area contributed by atoms with Crippen molar-refractivity contribution in [2.45, 2.75) is 51.5 Å². The Hall–Kier alpha value is -1.97. The van der Waals surface area contributed by atoms with Crippen molar-refractivity contribution in [2.24, 2.45) is 5.92 Å². The molecule has 1 fully saturated rings. The summed E-state index contributed by atoms with van der Waals surface area (Å²) in [6, 6.07) is 5.32. The van der Waals surface area contributed by atoms with Gasteiger partial charge in [-0.3, -0.25) is 4.79 Å². The molecule has 1 aromatic rings. The highest BCUT2D eigenvalue weighted by Crippen LogP contribution is 2.28. The third-order valence-corrected chi connectivity index (χ3v) is 4.53. The lowest BCUT2D eigenvalue weighted by Crippen LogP contribution is -2.38. The zero-order chi connectivity index (χ0) is 16.7. The number of methoxy groups -OCH3 is 1. The number of nitrogens with one attached hydrogen (secondary N) is 1. The molecule has 23 heavy (non-hydrogen) atoms. The Kier molecular flexibility index (Phi) is 6.51. The number of amides is 1. The van der Waals surface area contributed by atoms with Gasteiger partial charge >= 0.3 is 0 Å². The van der Waals surface area contributed by atoms with Crippen LogP contribution in [-0.2, 0) is 11.2 Å². The second kappa shape index (κ2) is 8.61. The monoisotopic (exact) mass is 317 g/mol. The Bertz CT molecular complexity index is 546. The summed E-state index contributed by atoms with van der Waals surface area (Å²) in [5.41, 5.74) is 0.846. The standard InChI is InChI=1S/C19H27NO3/c1-3-4-5-14-6-9-16(10-7-14)20-19(22)13-15-8-11-17(21)18(12-15)23-2/h3-4,8,11-12,14,16,21H,5-7,9-10,13H2,1-2H3,(H,20,22)/t14-,16-. The van der Waals surface area contributed by atoms with Crippen molar-refractivity contribution in [3.63, 3.8) is 0 Å². The molecule has 4 nitrogen and oxygen atoms in total. The van der Waals surface area contributed by atoms with Crippen LogP contribution < -0.4 is 10.1 Å². The van der Waals surface area contributed by atoms with Gasteiger partial charge in [0.2, 0.25) is 5.91 Å². The molecule has 4 heteroatoms. The molecule has 0 radical (unpaired) electrons. The number of hydrogen-bond acceptors (Lipinski definition) is 3.